The predicted molar refractivity (Wildman–Crippen MR) is 77.1 cm³/mol. The van der Waals surface area contributed by atoms with E-state index >= 15 is 0 Å². The molecule has 1 aromatic heterocycles. The quantitative estimate of drug-likeness (QED) is 0.886. The minimum Gasteiger partial charge on any atom is -0.357 e. The van der Waals surface area contributed by atoms with Crippen LogP contribution in [-0.4, -0.2) is 25.1 Å². The van der Waals surface area contributed by atoms with Gasteiger partial charge in [0, 0.05) is 30.7 Å². The normalized spacial score (nSPS) is 15.8. The van der Waals surface area contributed by atoms with E-state index in [4.69, 9.17) is 4.98 Å². The molecule has 1 aliphatic carbocycles. The monoisotopic (exact) mass is 247 g/mol. The third-order valence-corrected chi connectivity index (χ3v) is 3.48. The van der Waals surface area contributed by atoms with E-state index in [0.29, 0.717) is 6.04 Å². The molecule has 0 spiro atoms. The van der Waals surface area contributed by atoms with Gasteiger partial charge in [-0.2, -0.15) is 0 Å². The van der Waals surface area contributed by atoms with Gasteiger partial charge in [0.05, 0.1) is 0 Å². The Labute approximate surface area is 111 Å². The maximum absolute atomic E-state index is 4.85. The molecule has 0 saturated heterocycles. The number of nitrogens with zero attached hydrogens (tertiary/aromatic N) is 2. The summed E-state index contributed by atoms with van der Waals surface area (Å²) in [6.45, 7) is 7.56. The Morgan fingerprint density at radius 1 is 1.33 bits per heavy atom. The standard InChI is InChI=1S/C15H25N3/c1-15(2,3)13-8-11(10-16-4)9-14(17-13)18(5)12-6-7-12/h8-9,12,16H,6-7,10H2,1-5H3. The molecule has 2 rings (SSSR count). The molecular weight excluding hydrogens is 222 g/mol. The lowest BCUT2D eigenvalue weighted by Crippen LogP contribution is -2.24. The van der Waals surface area contributed by atoms with Crippen LogP contribution >= 0.6 is 0 Å². The Hall–Kier alpha value is -1.09. The van der Waals surface area contributed by atoms with Crippen LogP contribution in [0.5, 0.6) is 0 Å². The van der Waals surface area contributed by atoms with E-state index in [2.05, 4.69) is 50.2 Å². The zero-order valence-corrected chi connectivity index (χ0v) is 12.2. The van der Waals surface area contributed by atoms with Crippen molar-refractivity contribution in [2.75, 3.05) is 19.0 Å². The van der Waals surface area contributed by atoms with Crippen molar-refractivity contribution in [3.63, 3.8) is 0 Å². The molecule has 0 aromatic carbocycles. The summed E-state index contributed by atoms with van der Waals surface area (Å²) in [7, 11) is 4.15. The van der Waals surface area contributed by atoms with Crippen LogP contribution in [0.3, 0.4) is 0 Å². The van der Waals surface area contributed by atoms with Gasteiger partial charge >= 0.3 is 0 Å². The number of pyridine rings is 1. The van der Waals surface area contributed by atoms with Crippen LogP contribution in [0, 0.1) is 0 Å². The molecule has 0 aliphatic heterocycles. The summed E-state index contributed by atoms with van der Waals surface area (Å²) in [5.74, 6) is 1.12. The van der Waals surface area contributed by atoms with E-state index in [0.717, 1.165) is 12.4 Å². The Morgan fingerprint density at radius 3 is 2.50 bits per heavy atom. The van der Waals surface area contributed by atoms with Crippen LogP contribution in [0.25, 0.3) is 0 Å². The van der Waals surface area contributed by atoms with Crippen molar-refractivity contribution >= 4 is 5.82 Å². The summed E-state index contributed by atoms with van der Waals surface area (Å²) in [5.41, 5.74) is 2.60. The van der Waals surface area contributed by atoms with Gasteiger partial charge in [0.2, 0.25) is 0 Å². The Morgan fingerprint density at radius 2 is 2.00 bits per heavy atom. The molecule has 1 aliphatic rings. The van der Waals surface area contributed by atoms with Gasteiger partial charge in [0.15, 0.2) is 0 Å². The van der Waals surface area contributed by atoms with Gasteiger partial charge in [-0.1, -0.05) is 20.8 Å². The van der Waals surface area contributed by atoms with E-state index in [9.17, 15) is 0 Å². The van der Waals surface area contributed by atoms with E-state index < -0.39 is 0 Å². The Bertz CT molecular complexity index is 416. The van der Waals surface area contributed by atoms with Crippen molar-refractivity contribution in [3.8, 4) is 0 Å². The second kappa shape index (κ2) is 4.88. The first kappa shape index (κ1) is 13.3. The van der Waals surface area contributed by atoms with Crippen LogP contribution in [0.2, 0.25) is 0 Å². The molecule has 0 amide bonds. The van der Waals surface area contributed by atoms with Gasteiger partial charge in [-0.15, -0.1) is 0 Å². The van der Waals surface area contributed by atoms with E-state index in [-0.39, 0.29) is 5.41 Å². The number of aromatic nitrogens is 1. The number of rotatable bonds is 4. The van der Waals surface area contributed by atoms with Crippen LogP contribution in [0.4, 0.5) is 5.82 Å². The van der Waals surface area contributed by atoms with Crippen molar-refractivity contribution in [3.05, 3.63) is 23.4 Å². The van der Waals surface area contributed by atoms with Gasteiger partial charge in [-0.25, -0.2) is 4.98 Å². The SMILES string of the molecule is CNCc1cc(N(C)C2CC2)nc(C(C)(C)C)c1. The number of hydrogen-bond acceptors (Lipinski definition) is 3. The molecule has 0 bridgehead atoms. The first-order valence-corrected chi connectivity index (χ1v) is 6.80. The fourth-order valence-electron chi connectivity index (χ4n) is 2.09. The van der Waals surface area contributed by atoms with Crippen molar-refractivity contribution in [2.24, 2.45) is 0 Å². The topological polar surface area (TPSA) is 28.2 Å². The Balaban J connectivity index is 2.35. The van der Waals surface area contributed by atoms with Crippen molar-refractivity contribution in [1.82, 2.24) is 10.3 Å². The first-order chi connectivity index (χ1) is 8.41. The molecule has 3 heteroatoms. The maximum atomic E-state index is 4.85. The molecule has 1 aromatic rings. The lowest BCUT2D eigenvalue weighted by molar-refractivity contribution is 0.566. The summed E-state index contributed by atoms with van der Waals surface area (Å²) in [6.07, 6.45) is 2.61. The van der Waals surface area contributed by atoms with Crippen LogP contribution < -0.4 is 10.2 Å². The molecular formula is C15H25N3. The van der Waals surface area contributed by atoms with Gasteiger partial charge in [-0.05, 0) is 37.6 Å². The summed E-state index contributed by atoms with van der Waals surface area (Å²) in [5, 5.41) is 3.23. The zero-order chi connectivity index (χ0) is 13.3. The predicted octanol–water partition coefficient (Wildman–Crippen LogP) is 2.70. The molecule has 1 N–H and O–H groups in total. The lowest BCUT2D eigenvalue weighted by Gasteiger charge is -2.24. The highest BCUT2D eigenvalue weighted by molar-refractivity contribution is 5.45. The molecule has 1 saturated carbocycles. The minimum absolute atomic E-state index is 0.100. The van der Waals surface area contributed by atoms with Gasteiger partial charge in [-0.3, -0.25) is 0 Å². The summed E-state index contributed by atoms with van der Waals surface area (Å²) >= 11 is 0. The van der Waals surface area contributed by atoms with Crippen molar-refractivity contribution in [1.29, 1.82) is 0 Å². The molecule has 18 heavy (non-hydrogen) atoms. The fourth-order valence-corrected chi connectivity index (χ4v) is 2.09. The van der Waals surface area contributed by atoms with E-state index in [1.54, 1.807) is 0 Å². The third kappa shape index (κ3) is 3.02. The molecule has 0 unspecified atom stereocenters. The second-order valence-corrected chi connectivity index (χ2v) is 6.34. The average molecular weight is 247 g/mol. The first-order valence-electron chi connectivity index (χ1n) is 6.80. The second-order valence-electron chi connectivity index (χ2n) is 6.34. The number of anilines is 1. The highest BCUT2D eigenvalue weighted by Crippen LogP contribution is 2.31. The molecule has 3 nitrogen and oxygen atoms in total. The third-order valence-electron chi connectivity index (χ3n) is 3.48. The Kier molecular flexibility index (Phi) is 3.62. The van der Waals surface area contributed by atoms with Crippen LogP contribution in [0.1, 0.15) is 44.9 Å². The number of hydrogen-bond donors (Lipinski definition) is 1. The molecule has 1 heterocycles. The van der Waals surface area contributed by atoms with Crippen LogP contribution in [0.15, 0.2) is 12.1 Å². The van der Waals surface area contributed by atoms with Crippen molar-refractivity contribution in [2.45, 2.75) is 51.6 Å². The molecule has 0 radical (unpaired) electrons. The minimum atomic E-state index is 0.100. The largest absolute Gasteiger partial charge is 0.357 e. The summed E-state index contributed by atoms with van der Waals surface area (Å²) in [4.78, 5) is 7.17. The average Bonchev–Trinajstić information content (AvgIpc) is 3.11. The van der Waals surface area contributed by atoms with E-state index in [1.165, 1.54) is 24.1 Å². The smallest absolute Gasteiger partial charge is 0.129 e. The summed E-state index contributed by atoms with van der Waals surface area (Å²) < 4.78 is 0. The van der Waals surface area contributed by atoms with Gasteiger partial charge in [0.1, 0.15) is 5.82 Å². The molecule has 1 fully saturated rings. The fraction of sp³-hybridized carbons (Fsp3) is 0.667. The van der Waals surface area contributed by atoms with E-state index in [1.807, 2.05) is 7.05 Å². The van der Waals surface area contributed by atoms with Gasteiger partial charge < -0.3 is 10.2 Å². The highest BCUT2D eigenvalue weighted by atomic mass is 15.2. The summed E-state index contributed by atoms with van der Waals surface area (Å²) in [6, 6.07) is 5.14. The highest BCUT2D eigenvalue weighted by Gasteiger charge is 2.28. The van der Waals surface area contributed by atoms with Crippen molar-refractivity contribution < 1.29 is 0 Å². The molecule has 100 valence electrons. The van der Waals surface area contributed by atoms with Crippen LogP contribution in [-0.2, 0) is 12.0 Å². The molecule has 0 atom stereocenters. The lowest BCUT2D eigenvalue weighted by atomic mass is 9.90. The zero-order valence-electron chi connectivity index (χ0n) is 12.2. The van der Waals surface area contributed by atoms with Gasteiger partial charge in [0.25, 0.3) is 0 Å². The number of nitrogens with one attached hydrogen (secondary N) is 1. The maximum Gasteiger partial charge on any atom is 0.129 e.